The van der Waals surface area contributed by atoms with Gasteiger partial charge in [0, 0.05) is 18.1 Å². The highest BCUT2D eigenvalue weighted by molar-refractivity contribution is 7.91. The van der Waals surface area contributed by atoms with Gasteiger partial charge in [0.1, 0.15) is 0 Å². The molecule has 1 amide bonds. The number of amides is 1. The molecule has 0 saturated carbocycles. The molecule has 1 aromatic heterocycles. The molecule has 0 spiro atoms. The molecule has 2 aromatic rings. The topological polar surface area (TPSA) is 102 Å². The first kappa shape index (κ1) is 18.0. The van der Waals surface area contributed by atoms with Crippen LogP contribution < -0.4 is 5.32 Å². The summed E-state index contributed by atoms with van der Waals surface area (Å²) in [5.41, 5.74) is -0.745. The molecule has 1 heterocycles. The van der Waals surface area contributed by atoms with Crippen molar-refractivity contribution in [1.29, 1.82) is 0 Å². The van der Waals surface area contributed by atoms with E-state index < -0.39 is 32.6 Å². The molecule has 0 aliphatic heterocycles. The SMILES string of the molecule is CCS(=O)(=O)c1c(C(F)F)ccc(C(=O)Nc2nnc(C)o2)c1C. The van der Waals surface area contributed by atoms with Crippen molar-refractivity contribution in [3.05, 3.63) is 34.7 Å². The fourth-order valence-corrected chi connectivity index (χ4v) is 3.58. The molecule has 130 valence electrons. The van der Waals surface area contributed by atoms with Crippen molar-refractivity contribution < 1.29 is 26.4 Å². The molecule has 1 aromatic carbocycles. The van der Waals surface area contributed by atoms with Gasteiger partial charge in [-0.2, -0.15) is 0 Å². The zero-order valence-electron chi connectivity index (χ0n) is 13.1. The van der Waals surface area contributed by atoms with E-state index in [2.05, 4.69) is 15.5 Å². The highest BCUT2D eigenvalue weighted by Gasteiger charge is 2.27. The van der Waals surface area contributed by atoms with Gasteiger partial charge >= 0.3 is 6.01 Å². The minimum absolute atomic E-state index is 0.0524. The third-order valence-corrected chi connectivity index (χ3v) is 5.28. The van der Waals surface area contributed by atoms with E-state index in [1.54, 1.807) is 0 Å². The largest absolute Gasteiger partial charge is 0.408 e. The van der Waals surface area contributed by atoms with Crippen molar-refractivity contribution in [2.75, 3.05) is 11.1 Å². The number of halogens is 2. The summed E-state index contributed by atoms with van der Waals surface area (Å²) in [5, 5.41) is 9.43. The molecule has 0 fully saturated rings. The van der Waals surface area contributed by atoms with Crippen LogP contribution >= 0.6 is 0 Å². The van der Waals surface area contributed by atoms with E-state index in [0.717, 1.165) is 12.1 Å². The van der Waals surface area contributed by atoms with Crippen molar-refractivity contribution in [2.24, 2.45) is 0 Å². The van der Waals surface area contributed by atoms with E-state index in [0.29, 0.717) is 0 Å². The molecule has 0 atom stereocenters. The lowest BCUT2D eigenvalue weighted by atomic mass is 10.0. The van der Waals surface area contributed by atoms with Crippen molar-refractivity contribution in [3.8, 4) is 0 Å². The third-order valence-electron chi connectivity index (χ3n) is 3.35. The number of hydrogen-bond donors (Lipinski definition) is 1. The number of nitrogens with one attached hydrogen (secondary N) is 1. The van der Waals surface area contributed by atoms with Gasteiger partial charge in [0.15, 0.2) is 9.84 Å². The van der Waals surface area contributed by atoms with E-state index >= 15 is 0 Å². The number of alkyl halides is 2. The van der Waals surface area contributed by atoms with Gasteiger partial charge in [-0.3, -0.25) is 10.1 Å². The van der Waals surface area contributed by atoms with E-state index in [-0.39, 0.29) is 28.8 Å². The van der Waals surface area contributed by atoms with Crippen molar-refractivity contribution in [3.63, 3.8) is 0 Å². The summed E-state index contributed by atoms with van der Waals surface area (Å²) >= 11 is 0. The quantitative estimate of drug-likeness (QED) is 0.880. The number of aromatic nitrogens is 2. The Bertz CT molecular complexity index is 878. The van der Waals surface area contributed by atoms with Crippen LogP contribution in [0.4, 0.5) is 14.8 Å². The average Bonchev–Trinajstić information content (AvgIpc) is 2.91. The zero-order chi connectivity index (χ0) is 18.1. The second-order valence-electron chi connectivity index (χ2n) is 4.94. The third kappa shape index (κ3) is 3.42. The molecule has 7 nitrogen and oxygen atoms in total. The maximum absolute atomic E-state index is 13.2. The number of rotatable bonds is 5. The number of sulfone groups is 1. The first-order valence-corrected chi connectivity index (χ1v) is 8.58. The van der Waals surface area contributed by atoms with Gasteiger partial charge in [0.25, 0.3) is 12.3 Å². The first-order chi connectivity index (χ1) is 11.2. The zero-order valence-corrected chi connectivity index (χ0v) is 13.9. The number of anilines is 1. The van der Waals surface area contributed by atoms with E-state index in [1.807, 2.05) is 0 Å². The van der Waals surface area contributed by atoms with Crippen molar-refractivity contribution in [2.45, 2.75) is 32.1 Å². The molecule has 0 aliphatic carbocycles. The van der Waals surface area contributed by atoms with E-state index in [4.69, 9.17) is 4.42 Å². The summed E-state index contributed by atoms with van der Waals surface area (Å²) in [6.45, 7) is 4.18. The molecular weight excluding hydrogens is 344 g/mol. The van der Waals surface area contributed by atoms with Crippen LogP contribution in [0.15, 0.2) is 21.4 Å². The lowest BCUT2D eigenvalue weighted by Crippen LogP contribution is -2.18. The van der Waals surface area contributed by atoms with Crippen molar-refractivity contribution in [1.82, 2.24) is 10.2 Å². The van der Waals surface area contributed by atoms with Gasteiger partial charge in [-0.1, -0.05) is 18.1 Å². The lowest BCUT2D eigenvalue weighted by Gasteiger charge is -2.15. The fourth-order valence-electron chi connectivity index (χ4n) is 2.20. The van der Waals surface area contributed by atoms with Crippen LogP contribution in [0.1, 0.15) is 40.7 Å². The summed E-state index contributed by atoms with van der Waals surface area (Å²) in [4.78, 5) is 11.8. The Kier molecular flexibility index (Phi) is 4.97. The monoisotopic (exact) mass is 359 g/mol. The van der Waals surface area contributed by atoms with Gasteiger partial charge in [0.05, 0.1) is 10.6 Å². The molecule has 1 N–H and O–H groups in total. The minimum Gasteiger partial charge on any atom is -0.408 e. The van der Waals surface area contributed by atoms with E-state index in [9.17, 15) is 22.0 Å². The number of carbonyl (C=O) groups excluding carboxylic acids is 1. The van der Waals surface area contributed by atoms with Crippen LogP contribution in [-0.2, 0) is 9.84 Å². The summed E-state index contributed by atoms with van der Waals surface area (Å²) in [6, 6.07) is 1.91. The van der Waals surface area contributed by atoms with Gasteiger partial charge in [0.2, 0.25) is 5.89 Å². The molecule has 0 radical (unpaired) electrons. The second-order valence-corrected chi connectivity index (χ2v) is 7.16. The standard InChI is InChI=1S/C14H15F2N3O4S/c1-4-24(21,22)11-7(2)9(5-6-10(11)12(15)16)13(20)17-14-19-18-8(3)23-14/h5-6,12H,4H2,1-3H3,(H,17,19,20). The molecule has 0 aliphatic rings. The lowest BCUT2D eigenvalue weighted by molar-refractivity contribution is 0.102. The number of carbonyl (C=O) groups is 1. The predicted octanol–water partition coefficient (Wildman–Crippen LogP) is 2.67. The Morgan fingerprint density at radius 3 is 2.46 bits per heavy atom. The van der Waals surface area contributed by atoms with E-state index in [1.165, 1.54) is 20.8 Å². The molecule has 0 bridgehead atoms. The summed E-state index contributed by atoms with van der Waals surface area (Å²) < 4.78 is 55.7. The average molecular weight is 359 g/mol. The van der Waals surface area contributed by atoms with Crippen LogP contribution in [0.3, 0.4) is 0 Å². The normalized spacial score (nSPS) is 11.8. The van der Waals surface area contributed by atoms with Gasteiger partial charge in [-0.15, -0.1) is 5.10 Å². The highest BCUT2D eigenvalue weighted by atomic mass is 32.2. The van der Waals surface area contributed by atoms with Crippen LogP contribution in [0.25, 0.3) is 0 Å². The predicted molar refractivity (Wildman–Crippen MR) is 80.9 cm³/mol. The fraction of sp³-hybridized carbons (Fsp3) is 0.357. The highest BCUT2D eigenvalue weighted by Crippen LogP contribution is 2.32. The van der Waals surface area contributed by atoms with Crippen LogP contribution in [0.2, 0.25) is 0 Å². The number of benzene rings is 1. The molecule has 10 heteroatoms. The van der Waals surface area contributed by atoms with Crippen LogP contribution in [0.5, 0.6) is 0 Å². The maximum Gasteiger partial charge on any atom is 0.322 e. The molecular formula is C14H15F2N3O4S. The maximum atomic E-state index is 13.2. The first-order valence-electron chi connectivity index (χ1n) is 6.93. The summed E-state index contributed by atoms with van der Waals surface area (Å²) in [6.07, 6.45) is -2.98. The second kappa shape index (κ2) is 6.63. The van der Waals surface area contributed by atoms with Gasteiger partial charge < -0.3 is 4.42 Å². The van der Waals surface area contributed by atoms with Crippen molar-refractivity contribution >= 4 is 21.8 Å². The summed E-state index contributed by atoms with van der Waals surface area (Å²) in [5.74, 6) is -0.865. The van der Waals surface area contributed by atoms with Gasteiger partial charge in [-0.05, 0) is 18.6 Å². The smallest absolute Gasteiger partial charge is 0.322 e. The molecule has 24 heavy (non-hydrogen) atoms. The van der Waals surface area contributed by atoms with Crippen LogP contribution in [0, 0.1) is 13.8 Å². The van der Waals surface area contributed by atoms with Crippen LogP contribution in [-0.4, -0.2) is 30.3 Å². The molecule has 0 saturated heterocycles. The Labute approximate surface area is 137 Å². The summed E-state index contributed by atoms with van der Waals surface area (Å²) in [7, 11) is -3.94. The number of hydrogen-bond acceptors (Lipinski definition) is 6. The number of nitrogens with zero attached hydrogens (tertiary/aromatic N) is 2. The Morgan fingerprint density at radius 1 is 1.29 bits per heavy atom. The Morgan fingerprint density at radius 2 is 1.96 bits per heavy atom. The Hall–Kier alpha value is -2.36. The molecule has 0 unspecified atom stereocenters. The minimum atomic E-state index is -3.94. The molecule has 2 rings (SSSR count). The Balaban J connectivity index is 2.52. The number of aryl methyl sites for hydroxylation is 1. The van der Waals surface area contributed by atoms with Gasteiger partial charge in [-0.25, -0.2) is 17.2 Å².